The van der Waals surface area contributed by atoms with Crippen LogP contribution in [0.3, 0.4) is 0 Å². The predicted octanol–water partition coefficient (Wildman–Crippen LogP) is 3.00. The first-order valence-electron chi connectivity index (χ1n) is 6.55. The summed E-state index contributed by atoms with van der Waals surface area (Å²) in [6, 6.07) is 5.29. The number of nitrogen functional groups attached to an aromatic ring is 1. The molecular weight excluding hydrogens is 270 g/mol. The molecule has 0 aliphatic carbocycles. The lowest BCUT2D eigenvalue weighted by atomic mass is 10.1. The first-order valence-corrected chi connectivity index (χ1v) is 7.49. The van der Waals surface area contributed by atoms with Gasteiger partial charge >= 0.3 is 0 Å². The number of carbonyl (C=O) groups excluding carboxylic acids is 1. The van der Waals surface area contributed by atoms with Crippen molar-refractivity contribution < 1.29 is 4.79 Å². The van der Waals surface area contributed by atoms with Crippen molar-refractivity contribution in [2.24, 2.45) is 0 Å². The molecule has 1 aromatic heterocycles. The fourth-order valence-electron chi connectivity index (χ4n) is 1.87. The number of benzene rings is 1. The minimum Gasteiger partial charge on any atom is -0.397 e. The standard InChI is InChI=1S/C15H19N3OS/c1-3-17-15(19)11-4-5-13(16)14(6-11)18-7-12-9-20-8-10(12)2/h4-6,8-9,18H,3,7,16H2,1-2H3,(H,17,19). The number of hydrogen-bond acceptors (Lipinski definition) is 4. The number of rotatable bonds is 5. The van der Waals surface area contributed by atoms with Crippen molar-refractivity contribution in [3.63, 3.8) is 0 Å². The Labute approximate surface area is 123 Å². The summed E-state index contributed by atoms with van der Waals surface area (Å²) in [6.07, 6.45) is 0. The van der Waals surface area contributed by atoms with Gasteiger partial charge in [0.1, 0.15) is 0 Å². The molecule has 0 unspecified atom stereocenters. The quantitative estimate of drug-likeness (QED) is 0.741. The molecule has 0 fully saturated rings. The second-order valence-corrected chi connectivity index (χ2v) is 5.34. The number of nitrogens with one attached hydrogen (secondary N) is 2. The monoisotopic (exact) mass is 289 g/mol. The first-order chi connectivity index (χ1) is 9.61. The van der Waals surface area contributed by atoms with Crippen LogP contribution in [0, 0.1) is 6.92 Å². The Hall–Kier alpha value is -2.01. The highest BCUT2D eigenvalue weighted by Crippen LogP contribution is 2.22. The van der Waals surface area contributed by atoms with Crippen molar-refractivity contribution in [3.05, 3.63) is 45.6 Å². The van der Waals surface area contributed by atoms with Crippen LogP contribution in [0.4, 0.5) is 11.4 Å². The lowest BCUT2D eigenvalue weighted by Gasteiger charge is -2.11. The number of thiophene rings is 1. The molecule has 1 heterocycles. The molecule has 0 radical (unpaired) electrons. The Kier molecular flexibility index (Phi) is 4.63. The van der Waals surface area contributed by atoms with Crippen molar-refractivity contribution in [2.75, 3.05) is 17.6 Å². The number of amides is 1. The zero-order chi connectivity index (χ0) is 14.5. The molecule has 5 heteroatoms. The molecule has 0 spiro atoms. The number of nitrogens with two attached hydrogens (primary N) is 1. The van der Waals surface area contributed by atoms with Gasteiger partial charge in [-0.05, 0) is 53.9 Å². The van der Waals surface area contributed by atoms with Gasteiger partial charge in [-0.3, -0.25) is 4.79 Å². The Morgan fingerprint density at radius 2 is 2.15 bits per heavy atom. The van der Waals surface area contributed by atoms with E-state index < -0.39 is 0 Å². The highest BCUT2D eigenvalue weighted by Gasteiger charge is 2.08. The van der Waals surface area contributed by atoms with E-state index in [9.17, 15) is 4.79 Å². The van der Waals surface area contributed by atoms with E-state index in [1.54, 1.807) is 29.5 Å². The van der Waals surface area contributed by atoms with E-state index in [0.717, 1.165) is 5.69 Å². The van der Waals surface area contributed by atoms with Crippen LogP contribution in [0.2, 0.25) is 0 Å². The smallest absolute Gasteiger partial charge is 0.251 e. The number of aryl methyl sites for hydroxylation is 1. The second-order valence-electron chi connectivity index (χ2n) is 4.60. The number of anilines is 2. The van der Waals surface area contributed by atoms with Crippen molar-refractivity contribution in [1.29, 1.82) is 0 Å². The van der Waals surface area contributed by atoms with Gasteiger partial charge in [0.05, 0.1) is 11.4 Å². The highest BCUT2D eigenvalue weighted by atomic mass is 32.1. The topological polar surface area (TPSA) is 67.2 Å². The molecule has 0 aliphatic heterocycles. The van der Waals surface area contributed by atoms with Crippen LogP contribution in [0.1, 0.15) is 28.4 Å². The second kappa shape index (κ2) is 6.43. The van der Waals surface area contributed by atoms with Gasteiger partial charge in [0.15, 0.2) is 0 Å². The molecule has 0 saturated heterocycles. The molecule has 2 rings (SSSR count). The van der Waals surface area contributed by atoms with Gasteiger partial charge in [-0.2, -0.15) is 11.3 Å². The summed E-state index contributed by atoms with van der Waals surface area (Å²) < 4.78 is 0. The van der Waals surface area contributed by atoms with Crippen molar-refractivity contribution in [3.8, 4) is 0 Å². The SMILES string of the molecule is CCNC(=O)c1ccc(N)c(NCc2cscc2C)c1. The summed E-state index contributed by atoms with van der Waals surface area (Å²) >= 11 is 1.68. The molecule has 20 heavy (non-hydrogen) atoms. The third-order valence-corrected chi connectivity index (χ3v) is 3.99. The normalized spacial score (nSPS) is 10.3. The molecule has 0 bridgehead atoms. The number of carbonyl (C=O) groups is 1. The summed E-state index contributed by atoms with van der Waals surface area (Å²) in [4.78, 5) is 11.8. The number of hydrogen-bond donors (Lipinski definition) is 3. The summed E-state index contributed by atoms with van der Waals surface area (Å²) in [6.45, 7) is 5.30. The fraction of sp³-hybridized carbons (Fsp3) is 0.267. The maximum Gasteiger partial charge on any atom is 0.251 e. The average molecular weight is 289 g/mol. The molecule has 0 saturated carbocycles. The summed E-state index contributed by atoms with van der Waals surface area (Å²) in [5.41, 5.74) is 10.5. The van der Waals surface area contributed by atoms with E-state index >= 15 is 0 Å². The Morgan fingerprint density at radius 1 is 1.35 bits per heavy atom. The maximum absolute atomic E-state index is 11.8. The van der Waals surface area contributed by atoms with E-state index in [1.165, 1.54) is 11.1 Å². The van der Waals surface area contributed by atoms with E-state index in [2.05, 4.69) is 28.3 Å². The Balaban J connectivity index is 2.12. The molecule has 4 N–H and O–H groups in total. The van der Waals surface area contributed by atoms with Crippen LogP contribution in [-0.4, -0.2) is 12.5 Å². The van der Waals surface area contributed by atoms with E-state index in [1.807, 2.05) is 6.92 Å². The average Bonchev–Trinajstić information content (AvgIpc) is 2.83. The molecule has 0 aliphatic rings. The van der Waals surface area contributed by atoms with E-state index in [0.29, 0.717) is 24.3 Å². The minimum atomic E-state index is -0.0812. The Morgan fingerprint density at radius 3 is 2.80 bits per heavy atom. The van der Waals surface area contributed by atoms with Crippen LogP contribution in [0.15, 0.2) is 29.0 Å². The van der Waals surface area contributed by atoms with Gasteiger partial charge in [-0.1, -0.05) is 0 Å². The van der Waals surface area contributed by atoms with Gasteiger partial charge in [0.25, 0.3) is 5.91 Å². The fourth-order valence-corrected chi connectivity index (χ4v) is 2.73. The molecule has 0 atom stereocenters. The summed E-state index contributed by atoms with van der Waals surface area (Å²) in [5.74, 6) is -0.0812. The lowest BCUT2D eigenvalue weighted by Crippen LogP contribution is -2.22. The van der Waals surface area contributed by atoms with Gasteiger partial charge in [-0.15, -0.1) is 0 Å². The molecule has 1 amide bonds. The molecular formula is C15H19N3OS. The van der Waals surface area contributed by atoms with E-state index in [-0.39, 0.29) is 5.91 Å². The van der Waals surface area contributed by atoms with Crippen molar-refractivity contribution in [2.45, 2.75) is 20.4 Å². The summed E-state index contributed by atoms with van der Waals surface area (Å²) in [5, 5.41) is 10.3. The maximum atomic E-state index is 11.8. The van der Waals surface area contributed by atoms with Crippen LogP contribution >= 0.6 is 11.3 Å². The third kappa shape index (κ3) is 3.30. The van der Waals surface area contributed by atoms with Gasteiger partial charge in [0, 0.05) is 18.7 Å². The lowest BCUT2D eigenvalue weighted by molar-refractivity contribution is 0.0956. The summed E-state index contributed by atoms with van der Waals surface area (Å²) in [7, 11) is 0. The van der Waals surface area contributed by atoms with Crippen LogP contribution in [0.25, 0.3) is 0 Å². The first kappa shape index (κ1) is 14.4. The molecule has 2 aromatic rings. The third-order valence-electron chi connectivity index (χ3n) is 3.08. The predicted molar refractivity (Wildman–Crippen MR) is 85.2 cm³/mol. The minimum absolute atomic E-state index is 0.0812. The largest absolute Gasteiger partial charge is 0.397 e. The highest BCUT2D eigenvalue weighted by molar-refractivity contribution is 7.08. The van der Waals surface area contributed by atoms with Crippen LogP contribution in [0.5, 0.6) is 0 Å². The van der Waals surface area contributed by atoms with Crippen LogP contribution in [-0.2, 0) is 6.54 Å². The van der Waals surface area contributed by atoms with E-state index in [4.69, 9.17) is 5.73 Å². The van der Waals surface area contributed by atoms with Gasteiger partial charge in [0.2, 0.25) is 0 Å². The van der Waals surface area contributed by atoms with Crippen molar-refractivity contribution >= 4 is 28.6 Å². The Bertz CT molecular complexity index is 607. The van der Waals surface area contributed by atoms with Crippen LogP contribution < -0.4 is 16.4 Å². The molecule has 106 valence electrons. The molecule has 1 aromatic carbocycles. The zero-order valence-electron chi connectivity index (χ0n) is 11.7. The van der Waals surface area contributed by atoms with Crippen molar-refractivity contribution in [1.82, 2.24) is 5.32 Å². The van der Waals surface area contributed by atoms with Gasteiger partial charge in [-0.25, -0.2) is 0 Å². The van der Waals surface area contributed by atoms with Gasteiger partial charge < -0.3 is 16.4 Å². The molecule has 4 nitrogen and oxygen atoms in total. The zero-order valence-corrected chi connectivity index (χ0v) is 12.5.